The highest BCUT2D eigenvalue weighted by atomic mass is 32.2. The lowest BCUT2D eigenvalue weighted by Gasteiger charge is -2.11. The average molecular weight is 350 g/mol. The summed E-state index contributed by atoms with van der Waals surface area (Å²) in [7, 11) is -2.97. The van der Waals surface area contributed by atoms with Gasteiger partial charge in [0, 0.05) is 11.4 Å². The first kappa shape index (κ1) is 16.3. The van der Waals surface area contributed by atoms with Crippen LogP contribution in [0.15, 0.2) is 35.4 Å². The number of nitrogens with one attached hydrogen (secondary N) is 1. The van der Waals surface area contributed by atoms with Crippen molar-refractivity contribution in [2.75, 3.05) is 17.3 Å². The van der Waals surface area contributed by atoms with Gasteiger partial charge in [-0.1, -0.05) is 30.0 Å². The maximum absolute atomic E-state index is 12.0. The minimum absolute atomic E-state index is 0.0523. The maximum Gasteiger partial charge on any atom is 0.230 e. The van der Waals surface area contributed by atoms with E-state index in [0.29, 0.717) is 6.42 Å². The highest BCUT2D eigenvalue weighted by molar-refractivity contribution is 7.99. The topological polar surface area (TPSA) is 76.1 Å². The minimum atomic E-state index is -2.97. The van der Waals surface area contributed by atoms with Crippen LogP contribution < -0.4 is 5.32 Å². The van der Waals surface area contributed by atoms with E-state index in [-0.39, 0.29) is 29.2 Å². The van der Waals surface area contributed by atoms with Gasteiger partial charge in [-0.15, -0.1) is 0 Å². The number of thioether (sulfide) groups is 1. The Kier molecular flexibility index (Phi) is 4.59. The van der Waals surface area contributed by atoms with Gasteiger partial charge in [0.05, 0.1) is 27.8 Å². The third-order valence-corrected chi connectivity index (χ3v) is 6.53. The van der Waals surface area contributed by atoms with Crippen LogP contribution in [0.25, 0.3) is 10.9 Å². The number of amides is 1. The van der Waals surface area contributed by atoms with Gasteiger partial charge in [-0.2, -0.15) is 0 Å². The standard InChI is InChI=1S/C16H18N2O3S2/c1-11-8-16(18-14-5-3-2-4-13(11)14)22-9-15(19)17-12-6-7-23(20,21)10-12/h2-5,8,12H,6-7,9-10H2,1H3,(H,17,19). The predicted octanol–water partition coefficient (Wildman–Crippen LogP) is 1.94. The molecule has 1 atom stereocenters. The summed E-state index contributed by atoms with van der Waals surface area (Å²) in [5.74, 6) is 0.305. The Balaban J connectivity index is 1.61. The maximum atomic E-state index is 12.0. The van der Waals surface area contributed by atoms with Gasteiger partial charge in [0.1, 0.15) is 0 Å². The third-order valence-electron chi connectivity index (χ3n) is 3.85. The van der Waals surface area contributed by atoms with Crippen molar-refractivity contribution < 1.29 is 13.2 Å². The SMILES string of the molecule is Cc1cc(SCC(=O)NC2CCS(=O)(=O)C2)nc2ccccc12. The number of hydrogen-bond acceptors (Lipinski definition) is 5. The summed E-state index contributed by atoms with van der Waals surface area (Å²) in [6.45, 7) is 2.03. The van der Waals surface area contributed by atoms with Gasteiger partial charge in [0.15, 0.2) is 9.84 Å². The van der Waals surface area contributed by atoms with E-state index in [1.54, 1.807) is 0 Å². The third kappa shape index (κ3) is 4.03. The number of nitrogens with zero attached hydrogens (tertiary/aromatic N) is 1. The number of aryl methyl sites for hydroxylation is 1. The first-order valence-electron chi connectivity index (χ1n) is 7.42. The molecular formula is C16H18N2O3S2. The van der Waals surface area contributed by atoms with Crippen molar-refractivity contribution in [1.29, 1.82) is 0 Å². The zero-order chi connectivity index (χ0) is 16.4. The molecule has 1 aliphatic rings. The van der Waals surface area contributed by atoms with Crippen molar-refractivity contribution in [3.63, 3.8) is 0 Å². The van der Waals surface area contributed by atoms with Crippen LogP contribution >= 0.6 is 11.8 Å². The molecule has 1 aliphatic heterocycles. The largest absolute Gasteiger partial charge is 0.352 e. The number of carbonyl (C=O) groups excluding carboxylic acids is 1. The van der Waals surface area contributed by atoms with Crippen molar-refractivity contribution in [3.05, 3.63) is 35.9 Å². The number of hydrogen-bond donors (Lipinski definition) is 1. The number of sulfone groups is 1. The zero-order valence-corrected chi connectivity index (χ0v) is 14.4. The van der Waals surface area contributed by atoms with Crippen LogP contribution in [0, 0.1) is 6.92 Å². The molecule has 0 bridgehead atoms. The van der Waals surface area contributed by atoms with Crippen molar-refractivity contribution in [3.8, 4) is 0 Å². The Morgan fingerprint density at radius 1 is 1.39 bits per heavy atom. The summed E-state index contributed by atoms with van der Waals surface area (Å²) < 4.78 is 22.8. The monoisotopic (exact) mass is 350 g/mol. The number of aromatic nitrogens is 1. The van der Waals surface area contributed by atoms with E-state index in [2.05, 4.69) is 10.3 Å². The molecule has 1 aromatic heterocycles. The highest BCUT2D eigenvalue weighted by Gasteiger charge is 2.28. The van der Waals surface area contributed by atoms with Crippen LogP contribution in [0.1, 0.15) is 12.0 Å². The second-order valence-electron chi connectivity index (χ2n) is 5.75. The molecule has 2 heterocycles. The van der Waals surface area contributed by atoms with E-state index in [9.17, 15) is 13.2 Å². The second-order valence-corrected chi connectivity index (χ2v) is 8.98. The number of rotatable bonds is 4. The lowest BCUT2D eigenvalue weighted by molar-refractivity contribution is -0.119. The van der Waals surface area contributed by atoms with Crippen LogP contribution in [0.4, 0.5) is 0 Å². The van der Waals surface area contributed by atoms with Crippen molar-refractivity contribution >= 4 is 38.4 Å². The lowest BCUT2D eigenvalue weighted by Crippen LogP contribution is -2.36. The molecule has 0 saturated carbocycles. The number of carbonyl (C=O) groups is 1. The zero-order valence-electron chi connectivity index (χ0n) is 12.8. The summed E-state index contributed by atoms with van der Waals surface area (Å²) >= 11 is 1.37. The van der Waals surface area contributed by atoms with Crippen molar-refractivity contribution in [1.82, 2.24) is 10.3 Å². The van der Waals surface area contributed by atoms with Gasteiger partial charge in [0.2, 0.25) is 5.91 Å². The smallest absolute Gasteiger partial charge is 0.230 e. The second kappa shape index (κ2) is 6.49. The fourth-order valence-corrected chi connectivity index (χ4v) is 5.17. The quantitative estimate of drug-likeness (QED) is 0.853. The Hall–Kier alpha value is -1.60. The molecular weight excluding hydrogens is 332 g/mol. The molecule has 3 rings (SSSR count). The van der Waals surface area contributed by atoms with E-state index < -0.39 is 9.84 Å². The molecule has 1 saturated heterocycles. The molecule has 1 amide bonds. The van der Waals surface area contributed by atoms with Crippen LogP contribution in [-0.4, -0.2) is 42.6 Å². The van der Waals surface area contributed by atoms with Gasteiger partial charge in [-0.25, -0.2) is 13.4 Å². The van der Waals surface area contributed by atoms with Crippen LogP contribution in [0.3, 0.4) is 0 Å². The van der Waals surface area contributed by atoms with E-state index in [0.717, 1.165) is 21.5 Å². The number of para-hydroxylation sites is 1. The number of fused-ring (bicyclic) bond motifs is 1. The van der Waals surface area contributed by atoms with Gasteiger partial charge in [0.25, 0.3) is 0 Å². The summed E-state index contributed by atoms with van der Waals surface area (Å²) in [5.41, 5.74) is 2.04. The van der Waals surface area contributed by atoms with E-state index >= 15 is 0 Å². The fraction of sp³-hybridized carbons (Fsp3) is 0.375. The van der Waals surface area contributed by atoms with Crippen LogP contribution in [0.5, 0.6) is 0 Å². The Morgan fingerprint density at radius 2 is 2.17 bits per heavy atom. The minimum Gasteiger partial charge on any atom is -0.352 e. The molecule has 5 nitrogen and oxygen atoms in total. The average Bonchev–Trinajstić information content (AvgIpc) is 2.84. The van der Waals surface area contributed by atoms with Crippen LogP contribution in [-0.2, 0) is 14.6 Å². The molecule has 0 radical (unpaired) electrons. The van der Waals surface area contributed by atoms with Gasteiger partial charge < -0.3 is 5.32 Å². The Bertz CT molecular complexity index is 850. The van der Waals surface area contributed by atoms with E-state index in [1.165, 1.54) is 11.8 Å². The Labute approximate surface area is 139 Å². The first-order chi connectivity index (χ1) is 10.9. The molecule has 1 aromatic carbocycles. The summed E-state index contributed by atoms with van der Waals surface area (Å²) in [5, 5.41) is 4.70. The molecule has 1 N–H and O–H groups in total. The van der Waals surface area contributed by atoms with Gasteiger partial charge in [-0.3, -0.25) is 4.79 Å². The van der Waals surface area contributed by atoms with E-state index in [4.69, 9.17) is 0 Å². The van der Waals surface area contributed by atoms with E-state index in [1.807, 2.05) is 37.3 Å². The molecule has 2 aromatic rings. The molecule has 1 fully saturated rings. The lowest BCUT2D eigenvalue weighted by atomic mass is 10.1. The van der Waals surface area contributed by atoms with Gasteiger partial charge >= 0.3 is 0 Å². The summed E-state index contributed by atoms with van der Waals surface area (Å²) in [6, 6.07) is 9.62. The first-order valence-corrected chi connectivity index (χ1v) is 10.2. The predicted molar refractivity (Wildman–Crippen MR) is 92.4 cm³/mol. The molecule has 23 heavy (non-hydrogen) atoms. The van der Waals surface area contributed by atoms with Crippen LogP contribution in [0.2, 0.25) is 0 Å². The molecule has 0 spiro atoms. The van der Waals surface area contributed by atoms with Crippen molar-refractivity contribution in [2.45, 2.75) is 24.4 Å². The molecule has 7 heteroatoms. The van der Waals surface area contributed by atoms with Gasteiger partial charge in [-0.05, 0) is 31.0 Å². The summed E-state index contributed by atoms with van der Waals surface area (Å²) in [4.78, 5) is 16.5. The molecule has 122 valence electrons. The fourth-order valence-electron chi connectivity index (χ4n) is 2.71. The molecule has 1 unspecified atom stereocenters. The Morgan fingerprint density at radius 3 is 2.91 bits per heavy atom. The highest BCUT2D eigenvalue weighted by Crippen LogP contribution is 2.23. The molecule has 0 aliphatic carbocycles. The number of pyridine rings is 1. The summed E-state index contributed by atoms with van der Waals surface area (Å²) in [6.07, 6.45) is 0.506. The van der Waals surface area contributed by atoms with Crippen molar-refractivity contribution in [2.24, 2.45) is 0 Å². The normalized spacial score (nSPS) is 19.8. The number of benzene rings is 1.